The first-order valence-corrected chi connectivity index (χ1v) is 5.29. The molecule has 0 fully saturated rings. The van der Waals surface area contributed by atoms with E-state index in [-0.39, 0.29) is 0 Å². The van der Waals surface area contributed by atoms with Crippen LogP contribution in [0.2, 0.25) is 0 Å². The van der Waals surface area contributed by atoms with E-state index in [1.54, 1.807) is 0 Å². The number of hydrogen-bond acceptors (Lipinski definition) is 1. The number of benzene rings is 2. The van der Waals surface area contributed by atoms with Gasteiger partial charge < -0.3 is 0 Å². The van der Waals surface area contributed by atoms with Gasteiger partial charge in [0.15, 0.2) is 0 Å². The first-order valence-electron chi connectivity index (χ1n) is 5.29. The molecule has 1 heteroatoms. The highest BCUT2D eigenvalue weighted by Crippen LogP contribution is 2.27. The maximum Gasteiger partial charge on any atom is 0.0991 e. The summed E-state index contributed by atoms with van der Waals surface area (Å²) in [6.45, 7) is 4.16. The molecule has 0 radical (unpaired) electrons. The minimum absolute atomic E-state index is 0.712. The lowest BCUT2D eigenvalue weighted by Crippen LogP contribution is -1.88. The molecule has 1 nitrogen and oxygen atoms in total. The molecule has 0 aromatic heterocycles. The summed E-state index contributed by atoms with van der Waals surface area (Å²) in [5.41, 5.74) is 5.51. The molecule has 0 aliphatic heterocycles. The lowest BCUT2D eigenvalue weighted by atomic mass is 9.95. The second-order valence-electron chi connectivity index (χ2n) is 3.96. The van der Waals surface area contributed by atoms with Gasteiger partial charge >= 0.3 is 0 Å². The maximum absolute atomic E-state index is 8.92. The largest absolute Gasteiger partial charge is 0.192 e. The molecule has 0 N–H and O–H groups in total. The van der Waals surface area contributed by atoms with Gasteiger partial charge in [-0.25, -0.2) is 0 Å². The highest BCUT2D eigenvalue weighted by Gasteiger charge is 2.05. The third-order valence-corrected chi connectivity index (χ3v) is 2.80. The summed E-state index contributed by atoms with van der Waals surface area (Å²) in [5.74, 6) is 0. The van der Waals surface area contributed by atoms with Gasteiger partial charge in [-0.1, -0.05) is 30.3 Å². The Bertz CT molecular complexity index is 562. The first-order chi connectivity index (χ1) is 7.72. The van der Waals surface area contributed by atoms with Gasteiger partial charge in [-0.15, -0.1) is 0 Å². The van der Waals surface area contributed by atoms with E-state index in [1.165, 1.54) is 16.7 Å². The molecular formula is C15H13N. The van der Waals surface area contributed by atoms with Crippen LogP contribution in [-0.4, -0.2) is 0 Å². The van der Waals surface area contributed by atoms with Gasteiger partial charge in [-0.05, 0) is 48.2 Å². The van der Waals surface area contributed by atoms with Gasteiger partial charge in [0.1, 0.15) is 0 Å². The average molecular weight is 207 g/mol. The third kappa shape index (κ3) is 1.83. The van der Waals surface area contributed by atoms with E-state index < -0.39 is 0 Å². The number of nitriles is 1. The normalized spacial score (nSPS) is 9.81. The van der Waals surface area contributed by atoms with Crippen molar-refractivity contribution in [2.45, 2.75) is 13.8 Å². The van der Waals surface area contributed by atoms with E-state index in [2.05, 4.69) is 32.0 Å². The van der Waals surface area contributed by atoms with Crippen LogP contribution >= 0.6 is 0 Å². The zero-order valence-electron chi connectivity index (χ0n) is 9.49. The Labute approximate surface area is 96.0 Å². The van der Waals surface area contributed by atoms with Gasteiger partial charge in [0.25, 0.3) is 0 Å². The van der Waals surface area contributed by atoms with Crippen molar-refractivity contribution in [3.63, 3.8) is 0 Å². The molecule has 16 heavy (non-hydrogen) atoms. The summed E-state index contributed by atoms with van der Waals surface area (Å²) < 4.78 is 0. The molecule has 0 saturated carbocycles. The van der Waals surface area contributed by atoms with Gasteiger partial charge in [-0.3, -0.25) is 0 Å². The number of rotatable bonds is 1. The monoisotopic (exact) mass is 207 g/mol. The topological polar surface area (TPSA) is 23.8 Å². The highest BCUT2D eigenvalue weighted by molar-refractivity contribution is 5.71. The number of hydrogen-bond donors (Lipinski definition) is 0. The minimum atomic E-state index is 0.712. The molecule has 0 heterocycles. The lowest BCUT2D eigenvalue weighted by Gasteiger charge is -2.09. The van der Waals surface area contributed by atoms with Crippen molar-refractivity contribution in [2.24, 2.45) is 0 Å². The van der Waals surface area contributed by atoms with Crippen LogP contribution < -0.4 is 0 Å². The summed E-state index contributed by atoms with van der Waals surface area (Å²) in [4.78, 5) is 0. The lowest BCUT2D eigenvalue weighted by molar-refractivity contribution is 1.39. The van der Waals surface area contributed by atoms with Crippen LogP contribution in [-0.2, 0) is 0 Å². The quantitative estimate of drug-likeness (QED) is 0.697. The summed E-state index contributed by atoms with van der Waals surface area (Å²) >= 11 is 0. The number of aryl methyl sites for hydroxylation is 2. The SMILES string of the molecule is Cc1ccccc1-c1cc(C#N)ccc1C. The van der Waals surface area contributed by atoms with Crippen molar-refractivity contribution < 1.29 is 0 Å². The van der Waals surface area contributed by atoms with Crippen LogP contribution in [0.1, 0.15) is 16.7 Å². The van der Waals surface area contributed by atoms with Crippen molar-refractivity contribution in [1.82, 2.24) is 0 Å². The fourth-order valence-corrected chi connectivity index (χ4v) is 1.86. The summed E-state index contributed by atoms with van der Waals surface area (Å²) in [6, 6.07) is 16.2. The molecular weight excluding hydrogens is 194 g/mol. The van der Waals surface area contributed by atoms with Gasteiger partial charge in [0, 0.05) is 0 Å². The molecule has 2 aromatic rings. The summed E-state index contributed by atoms with van der Waals surface area (Å²) in [7, 11) is 0. The van der Waals surface area contributed by atoms with Crippen LogP contribution in [0.25, 0.3) is 11.1 Å². The molecule has 0 aliphatic rings. The second kappa shape index (κ2) is 4.20. The molecule has 0 spiro atoms. The molecule has 0 bridgehead atoms. The molecule has 2 rings (SSSR count). The van der Waals surface area contributed by atoms with Crippen molar-refractivity contribution in [3.8, 4) is 17.2 Å². The van der Waals surface area contributed by atoms with E-state index in [0.717, 1.165) is 5.56 Å². The van der Waals surface area contributed by atoms with Gasteiger partial charge in [-0.2, -0.15) is 5.26 Å². The Kier molecular flexibility index (Phi) is 2.74. The van der Waals surface area contributed by atoms with Crippen molar-refractivity contribution in [1.29, 1.82) is 5.26 Å². The molecule has 0 aliphatic carbocycles. The predicted molar refractivity (Wildman–Crippen MR) is 66.1 cm³/mol. The minimum Gasteiger partial charge on any atom is -0.192 e. The Morgan fingerprint density at radius 3 is 2.25 bits per heavy atom. The molecule has 2 aromatic carbocycles. The second-order valence-corrected chi connectivity index (χ2v) is 3.96. The Morgan fingerprint density at radius 1 is 0.875 bits per heavy atom. The first kappa shape index (κ1) is 10.4. The van der Waals surface area contributed by atoms with Crippen LogP contribution in [0, 0.1) is 25.2 Å². The van der Waals surface area contributed by atoms with Crippen LogP contribution in [0.15, 0.2) is 42.5 Å². The fraction of sp³-hybridized carbons (Fsp3) is 0.133. The van der Waals surface area contributed by atoms with E-state index in [4.69, 9.17) is 5.26 Å². The van der Waals surface area contributed by atoms with Crippen molar-refractivity contribution >= 4 is 0 Å². The summed E-state index contributed by atoms with van der Waals surface area (Å²) in [6.07, 6.45) is 0. The van der Waals surface area contributed by atoms with Crippen LogP contribution in [0.3, 0.4) is 0 Å². The van der Waals surface area contributed by atoms with E-state index in [1.807, 2.05) is 30.3 Å². The molecule has 78 valence electrons. The highest BCUT2D eigenvalue weighted by atomic mass is 14.2. The average Bonchev–Trinajstić information content (AvgIpc) is 2.31. The standard InChI is InChI=1S/C15H13N/c1-11-5-3-4-6-14(11)15-9-13(10-16)8-7-12(15)2/h3-9H,1-2H3. The van der Waals surface area contributed by atoms with Crippen molar-refractivity contribution in [2.75, 3.05) is 0 Å². The van der Waals surface area contributed by atoms with E-state index in [9.17, 15) is 0 Å². The van der Waals surface area contributed by atoms with Crippen molar-refractivity contribution in [3.05, 3.63) is 59.2 Å². The fourth-order valence-electron chi connectivity index (χ4n) is 1.86. The molecule has 0 amide bonds. The van der Waals surface area contributed by atoms with Crippen LogP contribution in [0.5, 0.6) is 0 Å². The zero-order valence-corrected chi connectivity index (χ0v) is 9.49. The Hall–Kier alpha value is -2.07. The molecule has 0 atom stereocenters. The molecule has 0 saturated heterocycles. The maximum atomic E-state index is 8.92. The van der Waals surface area contributed by atoms with E-state index >= 15 is 0 Å². The van der Waals surface area contributed by atoms with Gasteiger partial charge in [0.2, 0.25) is 0 Å². The van der Waals surface area contributed by atoms with Crippen LogP contribution in [0.4, 0.5) is 0 Å². The Morgan fingerprint density at radius 2 is 1.56 bits per heavy atom. The van der Waals surface area contributed by atoms with Gasteiger partial charge in [0.05, 0.1) is 11.6 Å². The summed E-state index contributed by atoms with van der Waals surface area (Å²) in [5, 5.41) is 8.92. The zero-order chi connectivity index (χ0) is 11.5. The number of nitrogens with zero attached hydrogens (tertiary/aromatic N) is 1. The molecule has 0 unspecified atom stereocenters. The smallest absolute Gasteiger partial charge is 0.0991 e. The Balaban J connectivity index is 2.65. The predicted octanol–water partition coefficient (Wildman–Crippen LogP) is 3.84. The van der Waals surface area contributed by atoms with E-state index in [0.29, 0.717) is 5.56 Å². The third-order valence-electron chi connectivity index (χ3n) is 2.80.